The van der Waals surface area contributed by atoms with E-state index in [1.807, 2.05) is 12.1 Å². The Hall–Kier alpha value is -0.530. The second-order valence-electron chi connectivity index (χ2n) is 6.25. The average molecular weight is 264 g/mol. The van der Waals surface area contributed by atoms with E-state index >= 15 is 0 Å². The molecule has 3 rings (SSSR count). The van der Waals surface area contributed by atoms with Crippen LogP contribution in [0.25, 0.3) is 0 Å². The van der Waals surface area contributed by atoms with Crippen molar-refractivity contribution in [1.82, 2.24) is 5.32 Å². The molecule has 2 saturated carbocycles. The van der Waals surface area contributed by atoms with E-state index in [0.717, 1.165) is 23.4 Å². The maximum absolute atomic E-state index is 5.96. The topological polar surface area (TPSA) is 12.0 Å². The smallest absolute Gasteiger partial charge is 0.0406 e. The van der Waals surface area contributed by atoms with Crippen molar-refractivity contribution in [3.8, 4) is 0 Å². The second kappa shape index (κ2) is 4.86. The molecular formula is C16H22ClN. The molecule has 0 spiro atoms. The van der Waals surface area contributed by atoms with Crippen LogP contribution in [0.3, 0.4) is 0 Å². The van der Waals surface area contributed by atoms with Gasteiger partial charge >= 0.3 is 0 Å². The molecule has 2 aliphatic carbocycles. The molecule has 1 aromatic rings. The summed E-state index contributed by atoms with van der Waals surface area (Å²) in [5.41, 5.74) is 1.95. The van der Waals surface area contributed by atoms with Crippen LogP contribution in [0.2, 0.25) is 5.02 Å². The lowest BCUT2D eigenvalue weighted by atomic mass is 9.77. The van der Waals surface area contributed by atoms with Gasteiger partial charge in [-0.05, 0) is 67.2 Å². The Bertz CT molecular complexity index is 402. The molecule has 0 saturated heterocycles. The van der Waals surface area contributed by atoms with Crippen molar-refractivity contribution < 1.29 is 0 Å². The summed E-state index contributed by atoms with van der Waals surface area (Å²) >= 11 is 5.96. The van der Waals surface area contributed by atoms with Crippen LogP contribution in [0.15, 0.2) is 24.3 Å². The third kappa shape index (κ3) is 2.57. The van der Waals surface area contributed by atoms with Crippen molar-refractivity contribution in [1.29, 1.82) is 0 Å². The summed E-state index contributed by atoms with van der Waals surface area (Å²) in [4.78, 5) is 0. The molecular weight excluding hydrogens is 242 g/mol. The molecule has 1 aromatic carbocycles. The van der Waals surface area contributed by atoms with E-state index < -0.39 is 0 Å². The van der Waals surface area contributed by atoms with Crippen LogP contribution < -0.4 is 5.32 Å². The fourth-order valence-corrected chi connectivity index (χ4v) is 3.91. The monoisotopic (exact) mass is 263 g/mol. The number of nitrogens with one attached hydrogen (secondary N) is 1. The summed E-state index contributed by atoms with van der Waals surface area (Å²) < 4.78 is 0. The zero-order chi connectivity index (χ0) is 12.6. The third-order valence-corrected chi connectivity index (χ3v) is 4.95. The maximum atomic E-state index is 5.96. The summed E-state index contributed by atoms with van der Waals surface area (Å²) in [6.07, 6.45) is 5.55. The fraction of sp³-hybridized carbons (Fsp3) is 0.625. The first-order valence-corrected chi connectivity index (χ1v) is 7.54. The molecule has 1 N–H and O–H groups in total. The number of hydrogen-bond donors (Lipinski definition) is 1. The summed E-state index contributed by atoms with van der Waals surface area (Å²) in [6.45, 7) is 4.46. The first kappa shape index (κ1) is 12.5. The SMILES string of the molecule is CCNCC1(Cc2ccc(Cl)cc2)CC2CC2C1. The van der Waals surface area contributed by atoms with Crippen LogP contribution >= 0.6 is 11.6 Å². The van der Waals surface area contributed by atoms with Gasteiger partial charge in [0.1, 0.15) is 0 Å². The Kier molecular flexibility index (Phi) is 3.38. The van der Waals surface area contributed by atoms with Crippen LogP contribution in [0.5, 0.6) is 0 Å². The molecule has 0 bridgehead atoms. The lowest BCUT2D eigenvalue weighted by Crippen LogP contribution is -2.35. The molecule has 2 unspecified atom stereocenters. The van der Waals surface area contributed by atoms with Gasteiger partial charge in [0.25, 0.3) is 0 Å². The minimum absolute atomic E-state index is 0.511. The van der Waals surface area contributed by atoms with Gasteiger partial charge < -0.3 is 5.32 Å². The van der Waals surface area contributed by atoms with E-state index in [4.69, 9.17) is 11.6 Å². The molecule has 2 fully saturated rings. The van der Waals surface area contributed by atoms with Gasteiger partial charge in [0.2, 0.25) is 0 Å². The fourth-order valence-electron chi connectivity index (χ4n) is 3.78. The Morgan fingerprint density at radius 3 is 2.50 bits per heavy atom. The Morgan fingerprint density at radius 1 is 1.22 bits per heavy atom. The largest absolute Gasteiger partial charge is 0.316 e. The molecule has 0 aromatic heterocycles. The van der Waals surface area contributed by atoms with Gasteiger partial charge in [-0.1, -0.05) is 30.7 Å². The van der Waals surface area contributed by atoms with Crippen LogP contribution in [-0.2, 0) is 6.42 Å². The quantitative estimate of drug-likeness (QED) is 0.849. The number of halogens is 1. The third-order valence-electron chi connectivity index (χ3n) is 4.70. The van der Waals surface area contributed by atoms with Crippen LogP contribution in [0.1, 0.15) is 31.7 Å². The van der Waals surface area contributed by atoms with Crippen molar-refractivity contribution in [2.45, 2.75) is 32.6 Å². The van der Waals surface area contributed by atoms with Gasteiger partial charge in [-0.25, -0.2) is 0 Å². The highest BCUT2D eigenvalue weighted by Gasteiger charge is 2.53. The van der Waals surface area contributed by atoms with E-state index in [9.17, 15) is 0 Å². The zero-order valence-electron chi connectivity index (χ0n) is 11.1. The molecule has 2 heteroatoms. The first-order chi connectivity index (χ1) is 8.71. The highest BCUT2D eigenvalue weighted by atomic mass is 35.5. The summed E-state index contributed by atoms with van der Waals surface area (Å²) in [5.74, 6) is 2.08. The van der Waals surface area contributed by atoms with Crippen molar-refractivity contribution in [2.75, 3.05) is 13.1 Å². The van der Waals surface area contributed by atoms with E-state index in [1.165, 1.54) is 37.8 Å². The standard InChI is InChI=1S/C16H22ClN/c1-2-18-11-16(9-13-7-14(13)10-16)8-12-3-5-15(17)6-4-12/h3-6,13-14,18H,2,7-11H2,1H3. The van der Waals surface area contributed by atoms with Crippen molar-refractivity contribution in [3.05, 3.63) is 34.9 Å². The van der Waals surface area contributed by atoms with Crippen LogP contribution in [-0.4, -0.2) is 13.1 Å². The van der Waals surface area contributed by atoms with Gasteiger partial charge in [-0.15, -0.1) is 0 Å². The van der Waals surface area contributed by atoms with E-state index in [-0.39, 0.29) is 0 Å². The van der Waals surface area contributed by atoms with Gasteiger partial charge in [0.05, 0.1) is 0 Å². The number of fused-ring (bicyclic) bond motifs is 1. The molecule has 2 atom stereocenters. The zero-order valence-corrected chi connectivity index (χ0v) is 11.8. The van der Waals surface area contributed by atoms with Gasteiger partial charge in [0.15, 0.2) is 0 Å². The minimum Gasteiger partial charge on any atom is -0.316 e. The van der Waals surface area contributed by atoms with Crippen molar-refractivity contribution in [3.63, 3.8) is 0 Å². The Labute approximate surface area is 115 Å². The summed E-state index contributed by atoms with van der Waals surface area (Å²) in [6, 6.07) is 8.43. The first-order valence-electron chi connectivity index (χ1n) is 7.16. The second-order valence-corrected chi connectivity index (χ2v) is 6.68. The number of benzene rings is 1. The Morgan fingerprint density at radius 2 is 1.89 bits per heavy atom. The van der Waals surface area contributed by atoms with Crippen LogP contribution in [0.4, 0.5) is 0 Å². The van der Waals surface area contributed by atoms with Gasteiger partial charge in [-0.2, -0.15) is 0 Å². The van der Waals surface area contributed by atoms with Gasteiger partial charge in [-0.3, -0.25) is 0 Å². The van der Waals surface area contributed by atoms with E-state index in [1.54, 1.807) is 0 Å². The lowest BCUT2D eigenvalue weighted by Gasteiger charge is -2.31. The Balaban J connectivity index is 1.71. The van der Waals surface area contributed by atoms with Gasteiger partial charge in [0, 0.05) is 11.6 Å². The number of hydrogen-bond acceptors (Lipinski definition) is 1. The van der Waals surface area contributed by atoms with Crippen molar-refractivity contribution in [2.24, 2.45) is 17.3 Å². The molecule has 2 aliphatic rings. The molecule has 0 amide bonds. The lowest BCUT2D eigenvalue weighted by molar-refractivity contribution is 0.250. The normalized spacial score (nSPS) is 33.4. The van der Waals surface area contributed by atoms with E-state index in [2.05, 4.69) is 24.4 Å². The average Bonchev–Trinajstić information content (AvgIpc) is 2.98. The predicted molar refractivity (Wildman–Crippen MR) is 77.0 cm³/mol. The van der Waals surface area contributed by atoms with Crippen molar-refractivity contribution >= 4 is 11.6 Å². The molecule has 1 nitrogen and oxygen atoms in total. The molecule has 98 valence electrons. The molecule has 18 heavy (non-hydrogen) atoms. The summed E-state index contributed by atoms with van der Waals surface area (Å²) in [5, 5.41) is 4.42. The predicted octanol–water partition coefficient (Wildman–Crippen LogP) is 3.91. The molecule has 0 radical (unpaired) electrons. The molecule has 0 heterocycles. The van der Waals surface area contributed by atoms with Crippen LogP contribution in [0, 0.1) is 17.3 Å². The van der Waals surface area contributed by atoms with E-state index in [0.29, 0.717) is 5.41 Å². The minimum atomic E-state index is 0.511. The maximum Gasteiger partial charge on any atom is 0.0406 e. The number of rotatable bonds is 5. The summed E-state index contributed by atoms with van der Waals surface area (Å²) in [7, 11) is 0. The molecule has 0 aliphatic heterocycles. The highest BCUT2D eigenvalue weighted by molar-refractivity contribution is 6.30. The highest BCUT2D eigenvalue weighted by Crippen LogP contribution is 2.60.